The van der Waals surface area contributed by atoms with E-state index >= 15 is 0 Å². The number of amides is 1. The lowest BCUT2D eigenvalue weighted by molar-refractivity contribution is -0.117. The Bertz CT molecular complexity index is 443. The molecule has 0 unspecified atom stereocenters. The molecule has 0 radical (unpaired) electrons. The third kappa shape index (κ3) is 3.18. The number of rotatable bonds is 4. The van der Waals surface area contributed by atoms with E-state index in [1.807, 2.05) is 0 Å². The van der Waals surface area contributed by atoms with E-state index in [1.54, 1.807) is 0 Å². The molecule has 1 aromatic rings. The van der Waals surface area contributed by atoms with Gasteiger partial charge in [-0.15, -0.1) is 0 Å². The van der Waals surface area contributed by atoms with Gasteiger partial charge in [-0.2, -0.15) is 0 Å². The smallest absolute Gasteiger partial charge is 0.335 e. The molecular weight excluding hydrogens is 224 g/mol. The molecule has 1 atom stereocenters. The lowest BCUT2D eigenvalue weighted by Crippen LogP contribution is -2.32. The van der Waals surface area contributed by atoms with Gasteiger partial charge in [-0.3, -0.25) is 4.79 Å². The fourth-order valence-corrected chi connectivity index (χ4v) is 1.19. The number of hydrogen-bond acceptors (Lipinski definition) is 4. The van der Waals surface area contributed by atoms with Gasteiger partial charge in [0.15, 0.2) is 0 Å². The predicted molar refractivity (Wildman–Crippen MR) is 62.2 cm³/mol. The van der Waals surface area contributed by atoms with Crippen molar-refractivity contribution in [2.75, 3.05) is 12.4 Å². The molecule has 4 N–H and O–H groups in total. The Morgan fingerprint density at radius 1 is 1.47 bits per heavy atom. The van der Waals surface area contributed by atoms with Gasteiger partial charge in [0.1, 0.15) is 5.75 Å². The first-order valence-electron chi connectivity index (χ1n) is 4.93. The molecule has 0 aromatic heterocycles. The standard InChI is InChI=1S/C11H14N2O4/c1-6(12)10(14)13-8-5-7(11(15)16)3-4-9(8)17-2/h3-6H,12H2,1-2H3,(H,13,14)(H,15,16)/t6-/m0/s1. The maximum atomic E-state index is 11.4. The van der Waals surface area contributed by atoms with Crippen molar-refractivity contribution >= 4 is 17.6 Å². The van der Waals surface area contributed by atoms with Gasteiger partial charge in [0.05, 0.1) is 24.4 Å². The highest BCUT2D eigenvalue weighted by molar-refractivity contribution is 5.97. The molecular formula is C11H14N2O4. The largest absolute Gasteiger partial charge is 0.495 e. The van der Waals surface area contributed by atoms with E-state index in [-0.39, 0.29) is 11.3 Å². The zero-order valence-electron chi connectivity index (χ0n) is 9.56. The van der Waals surface area contributed by atoms with E-state index in [2.05, 4.69) is 5.32 Å². The van der Waals surface area contributed by atoms with Gasteiger partial charge in [0.2, 0.25) is 5.91 Å². The van der Waals surface area contributed by atoms with Crippen LogP contribution in [0.15, 0.2) is 18.2 Å². The van der Waals surface area contributed by atoms with Crippen molar-refractivity contribution in [3.63, 3.8) is 0 Å². The molecule has 0 aliphatic carbocycles. The molecule has 1 rings (SSSR count). The molecule has 0 saturated heterocycles. The van der Waals surface area contributed by atoms with E-state index < -0.39 is 17.9 Å². The van der Waals surface area contributed by atoms with Gasteiger partial charge in [-0.25, -0.2) is 4.79 Å². The maximum Gasteiger partial charge on any atom is 0.335 e. The summed E-state index contributed by atoms with van der Waals surface area (Å²) in [6.45, 7) is 1.53. The van der Waals surface area contributed by atoms with Crippen LogP contribution >= 0.6 is 0 Å². The summed E-state index contributed by atoms with van der Waals surface area (Å²) in [6, 6.07) is 3.50. The van der Waals surface area contributed by atoms with Gasteiger partial charge >= 0.3 is 5.97 Å². The van der Waals surface area contributed by atoms with Crippen molar-refractivity contribution in [2.24, 2.45) is 5.73 Å². The molecule has 17 heavy (non-hydrogen) atoms. The van der Waals surface area contributed by atoms with Crippen LogP contribution in [0.5, 0.6) is 5.75 Å². The number of anilines is 1. The first-order chi connectivity index (χ1) is 7.95. The Morgan fingerprint density at radius 3 is 2.59 bits per heavy atom. The van der Waals surface area contributed by atoms with E-state index in [0.717, 1.165) is 0 Å². The minimum atomic E-state index is -1.08. The zero-order chi connectivity index (χ0) is 13.0. The molecule has 0 aliphatic heterocycles. The zero-order valence-corrected chi connectivity index (χ0v) is 9.56. The van der Waals surface area contributed by atoms with Crippen molar-refractivity contribution in [3.8, 4) is 5.75 Å². The molecule has 6 heteroatoms. The van der Waals surface area contributed by atoms with E-state index in [0.29, 0.717) is 5.75 Å². The van der Waals surface area contributed by atoms with Crippen molar-refractivity contribution in [3.05, 3.63) is 23.8 Å². The molecule has 0 spiro atoms. The second kappa shape index (κ2) is 5.31. The van der Waals surface area contributed by atoms with Gasteiger partial charge in [0.25, 0.3) is 0 Å². The van der Waals surface area contributed by atoms with Crippen molar-refractivity contribution in [2.45, 2.75) is 13.0 Å². The van der Waals surface area contributed by atoms with Crippen LogP contribution < -0.4 is 15.8 Å². The molecule has 92 valence electrons. The van der Waals surface area contributed by atoms with E-state index in [1.165, 1.54) is 32.2 Å². The second-order valence-electron chi connectivity index (χ2n) is 3.50. The highest BCUT2D eigenvalue weighted by Gasteiger charge is 2.13. The van der Waals surface area contributed by atoms with Crippen LogP contribution in [-0.2, 0) is 4.79 Å². The van der Waals surface area contributed by atoms with Gasteiger partial charge < -0.3 is 20.9 Å². The lowest BCUT2D eigenvalue weighted by Gasteiger charge is -2.12. The molecule has 0 saturated carbocycles. The van der Waals surface area contributed by atoms with Crippen LogP contribution in [0.4, 0.5) is 5.69 Å². The summed E-state index contributed by atoms with van der Waals surface area (Å²) in [5.41, 5.74) is 5.75. The Morgan fingerprint density at radius 2 is 2.12 bits per heavy atom. The number of carbonyl (C=O) groups excluding carboxylic acids is 1. The fourth-order valence-electron chi connectivity index (χ4n) is 1.19. The summed E-state index contributed by atoms with van der Waals surface area (Å²) in [6.07, 6.45) is 0. The number of hydrogen-bond donors (Lipinski definition) is 3. The quantitative estimate of drug-likeness (QED) is 0.715. The number of nitrogens with two attached hydrogens (primary N) is 1. The van der Waals surface area contributed by atoms with Crippen LogP contribution in [0.2, 0.25) is 0 Å². The molecule has 0 bridgehead atoms. The summed E-state index contributed by atoms with van der Waals surface area (Å²) < 4.78 is 5.01. The topological polar surface area (TPSA) is 102 Å². The summed E-state index contributed by atoms with van der Waals surface area (Å²) in [5, 5.41) is 11.3. The Kier molecular flexibility index (Phi) is 4.06. The van der Waals surface area contributed by atoms with Gasteiger partial charge in [0, 0.05) is 0 Å². The minimum absolute atomic E-state index is 0.0609. The molecule has 0 aliphatic rings. The van der Waals surface area contributed by atoms with Crippen LogP contribution in [0.25, 0.3) is 0 Å². The number of carboxylic acid groups (broad SMARTS) is 1. The average molecular weight is 238 g/mol. The normalized spacial score (nSPS) is 11.7. The van der Waals surface area contributed by atoms with Crippen molar-refractivity contribution in [1.29, 1.82) is 0 Å². The van der Waals surface area contributed by atoms with Crippen molar-refractivity contribution < 1.29 is 19.4 Å². The number of benzene rings is 1. The fraction of sp³-hybridized carbons (Fsp3) is 0.273. The third-order valence-corrected chi connectivity index (χ3v) is 2.12. The number of methoxy groups -OCH3 is 1. The van der Waals surface area contributed by atoms with Gasteiger partial charge in [-0.05, 0) is 25.1 Å². The number of nitrogens with one attached hydrogen (secondary N) is 1. The van der Waals surface area contributed by atoms with Crippen LogP contribution in [0, 0.1) is 0 Å². The molecule has 0 heterocycles. The first-order valence-corrected chi connectivity index (χ1v) is 4.93. The summed E-state index contributed by atoms with van der Waals surface area (Å²) in [4.78, 5) is 22.2. The molecule has 0 fully saturated rings. The SMILES string of the molecule is COc1ccc(C(=O)O)cc1NC(=O)[C@H](C)N. The van der Waals surface area contributed by atoms with Crippen molar-refractivity contribution in [1.82, 2.24) is 0 Å². The van der Waals surface area contributed by atoms with Crippen LogP contribution in [0.3, 0.4) is 0 Å². The molecule has 1 aromatic carbocycles. The highest BCUT2D eigenvalue weighted by Crippen LogP contribution is 2.25. The third-order valence-electron chi connectivity index (χ3n) is 2.12. The number of carbonyl (C=O) groups is 2. The predicted octanol–water partition coefficient (Wildman–Crippen LogP) is 0.679. The maximum absolute atomic E-state index is 11.4. The number of ether oxygens (including phenoxy) is 1. The number of carboxylic acids is 1. The Balaban J connectivity index is 3.06. The van der Waals surface area contributed by atoms with Gasteiger partial charge in [-0.1, -0.05) is 0 Å². The summed E-state index contributed by atoms with van der Waals surface area (Å²) >= 11 is 0. The second-order valence-corrected chi connectivity index (χ2v) is 3.50. The lowest BCUT2D eigenvalue weighted by atomic mass is 10.2. The summed E-state index contributed by atoms with van der Waals surface area (Å²) in [5.74, 6) is -1.11. The molecule has 1 amide bonds. The van der Waals surface area contributed by atoms with E-state index in [9.17, 15) is 9.59 Å². The first kappa shape index (κ1) is 13.0. The monoisotopic (exact) mass is 238 g/mol. The van der Waals surface area contributed by atoms with E-state index in [4.69, 9.17) is 15.6 Å². The highest BCUT2D eigenvalue weighted by atomic mass is 16.5. The summed E-state index contributed by atoms with van der Waals surface area (Å²) in [7, 11) is 1.43. The minimum Gasteiger partial charge on any atom is -0.495 e. The number of aromatic carboxylic acids is 1. The van der Waals surface area contributed by atoms with Crippen LogP contribution in [-0.4, -0.2) is 30.1 Å². The Labute approximate surface area is 98.4 Å². The average Bonchev–Trinajstić information content (AvgIpc) is 2.28. The van der Waals surface area contributed by atoms with Crippen LogP contribution in [0.1, 0.15) is 17.3 Å². The molecule has 6 nitrogen and oxygen atoms in total. The Hall–Kier alpha value is -2.08.